The van der Waals surface area contributed by atoms with Crippen LogP contribution < -0.4 is 16.0 Å². The van der Waals surface area contributed by atoms with E-state index < -0.39 is 0 Å². The van der Waals surface area contributed by atoms with Crippen molar-refractivity contribution in [2.75, 3.05) is 29.5 Å². The number of carbonyl (C=O) groups excluding carboxylic acids is 1. The first-order valence-corrected chi connectivity index (χ1v) is 6.90. The molecule has 0 aromatic heterocycles. The molecule has 21 heavy (non-hydrogen) atoms. The molecule has 3 N–H and O–H groups in total. The third-order valence-electron chi connectivity index (χ3n) is 3.43. The van der Waals surface area contributed by atoms with E-state index in [9.17, 15) is 4.79 Å². The second kappa shape index (κ2) is 6.31. The van der Waals surface area contributed by atoms with Crippen LogP contribution in [0.15, 0.2) is 42.5 Å². The van der Waals surface area contributed by atoms with Crippen molar-refractivity contribution in [2.24, 2.45) is 0 Å². The van der Waals surface area contributed by atoms with E-state index in [0.29, 0.717) is 12.2 Å². The van der Waals surface area contributed by atoms with Gasteiger partial charge in [0.15, 0.2) is 0 Å². The number of likely N-dealkylation sites (N-methyl/N-ethyl adjacent to an activating group) is 1. The lowest BCUT2D eigenvalue weighted by atomic mass is 10.1. The van der Waals surface area contributed by atoms with E-state index in [1.54, 1.807) is 6.07 Å². The summed E-state index contributed by atoms with van der Waals surface area (Å²) in [6.07, 6.45) is 0. The first-order chi connectivity index (χ1) is 9.97. The number of hydrogen-bond donors (Lipinski definition) is 2. The summed E-state index contributed by atoms with van der Waals surface area (Å²) in [5, 5.41) is 2.92. The van der Waals surface area contributed by atoms with Crippen LogP contribution in [0.5, 0.6) is 0 Å². The van der Waals surface area contributed by atoms with Gasteiger partial charge in [-0.25, -0.2) is 0 Å². The fourth-order valence-electron chi connectivity index (χ4n) is 2.31. The maximum Gasteiger partial charge on any atom is 0.243 e. The number of anilines is 3. The van der Waals surface area contributed by atoms with Crippen molar-refractivity contribution in [1.82, 2.24) is 0 Å². The molecule has 2 aromatic carbocycles. The molecule has 0 aliphatic heterocycles. The summed E-state index contributed by atoms with van der Waals surface area (Å²) in [7, 11) is 1.91. The Morgan fingerprint density at radius 3 is 2.52 bits per heavy atom. The van der Waals surface area contributed by atoms with Crippen molar-refractivity contribution < 1.29 is 4.79 Å². The average Bonchev–Trinajstić information content (AvgIpc) is 2.42. The van der Waals surface area contributed by atoms with Crippen LogP contribution >= 0.6 is 0 Å². The number of nitrogen functional groups attached to an aromatic ring is 1. The first-order valence-electron chi connectivity index (χ1n) is 6.90. The predicted octanol–water partition coefficient (Wildman–Crippen LogP) is 2.96. The number of nitrogens with one attached hydrogen (secondary N) is 1. The van der Waals surface area contributed by atoms with E-state index in [2.05, 4.69) is 5.32 Å². The first kappa shape index (κ1) is 14.9. The molecule has 2 rings (SSSR count). The van der Waals surface area contributed by atoms with Gasteiger partial charge in [-0.3, -0.25) is 4.79 Å². The summed E-state index contributed by atoms with van der Waals surface area (Å²) in [5.74, 6) is -0.0476. The molecule has 0 aliphatic rings. The summed E-state index contributed by atoms with van der Waals surface area (Å²) in [4.78, 5) is 14.1. The summed E-state index contributed by atoms with van der Waals surface area (Å²) in [6.45, 7) is 4.26. The Labute approximate surface area is 125 Å². The lowest BCUT2D eigenvalue weighted by molar-refractivity contribution is -0.114. The molecule has 0 spiro atoms. The number of rotatable bonds is 4. The number of aryl methyl sites for hydroxylation is 2. The molecule has 0 unspecified atom stereocenters. The van der Waals surface area contributed by atoms with E-state index in [1.165, 1.54) is 0 Å². The van der Waals surface area contributed by atoms with Gasteiger partial charge in [-0.05, 0) is 49.2 Å². The molecule has 110 valence electrons. The summed E-state index contributed by atoms with van der Waals surface area (Å²) in [5.41, 5.74) is 10.4. The minimum absolute atomic E-state index is 0.0476. The Hall–Kier alpha value is -2.49. The zero-order valence-corrected chi connectivity index (χ0v) is 12.7. The molecule has 0 fully saturated rings. The van der Waals surface area contributed by atoms with Gasteiger partial charge in [0, 0.05) is 24.1 Å². The van der Waals surface area contributed by atoms with Gasteiger partial charge in [0.25, 0.3) is 0 Å². The SMILES string of the molecule is Cc1cc(N)ccc1NC(=O)CN(C)c1ccccc1C. The highest BCUT2D eigenvalue weighted by molar-refractivity contribution is 5.95. The van der Waals surface area contributed by atoms with E-state index in [-0.39, 0.29) is 5.91 Å². The van der Waals surface area contributed by atoms with Crippen LogP contribution in [0.2, 0.25) is 0 Å². The molecule has 0 saturated heterocycles. The molecule has 0 bridgehead atoms. The molecule has 0 heterocycles. The number of nitrogens with two attached hydrogens (primary N) is 1. The van der Waals surface area contributed by atoms with Crippen LogP contribution in [0.1, 0.15) is 11.1 Å². The zero-order valence-electron chi connectivity index (χ0n) is 12.7. The summed E-state index contributed by atoms with van der Waals surface area (Å²) in [6, 6.07) is 13.5. The fraction of sp³-hybridized carbons (Fsp3) is 0.235. The van der Waals surface area contributed by atoms with Gasteiger partial charge in [-0.15, -0.1) is 0 Å². The predicted molar refractivity (Wildman–Crippen MR) is 88.7 cm³/mol. The summed E-state index contributed by atoms with van der Waals surface area (Å²) >= 11 is 0. The maximum absolute atomic E-state index is 12.2. The van der Waals surface area contributed by atoms with Crippen molar-refractivity contribution >= 4 is 23.0 Å². The standard InChI is InChI=1S/C17H21N3O/c1-12-6-4-5-7-16(12)20(3)11-17(21)19-15-9-8-14(18)10-13(15)2/h4-10H,11,18H2,1-3H3,(H,19,21). The Morgan fingerprint density at radius 2 is 1.86 bits per heavy atom. The Bertz CT molecular complexity index is 652. The third kappa shape index (κ3) is 3.75. The van der Waals surface area contributed by atoms with Gasteiger partial charge in [0.05, 0.1) is 6.54 Å². The van der Waals surface area contributed by atoms with Crippen LogP contribution in [0.4, 0.5) is 17.1 Å². The van der Waals surface area contributed by atoms with Crippen molar-refractivity contribution in [1.29, 1.82) is 0 Å². The minimum Gasteiger partial charge on any atom is -0.399 e. The number of para-hydroxylation sites is 1. The topological polar surface area (TPSA) is 58.4 Å². The molecule has 0 saturated carbocycles. The lowest BCUT2D eigenvalue weighted by Gasteiger charge is -2.21. The van der Waals surface area contributed by atoms with Crippen molar-refractivity contribution in [3.8, 4) is 0 Å². The zero-order chi connectivity index (χ0) is 15.4. The molecule has 2 aromatic rings. The number of benzene rings is 2. The van der Waals surface area contributed by atoms with Crippen LogP contribution in [0.3, 0.4) is 0 Å². The Morgan fingerprint density at radius 1 is 1.14 bits per heavy atom. The minimum atomic E-state index is -0.0476. The third-order valence-corrected chi connectivity index (χ3v) is 3.43. The van der Waals surface area contributed by atoms with Gasteiger partial charge in [-0.1, -0.05) is 18.2 Å². The molecule has 0 aliphatic carbocycles. The fourth-order valence-corrected chi connectivity index (χ4v) is 2.31. The number of carbonyl (C=O) groups is 1. The number of hydrogen-bond acceptors (Lipinski definition) is 3. The highest BCUT2D eigenvalue weighted by atomic mass is 16.2. The number of amides is 1. The van der Waals surface area contributed by atoms with Crippen LogP contribution in [-0.4, -0.2) is 19.5 Å². The average molecular weight is 283 g/mol. The summed E-state index contributed by atoms with van der Waals surface area (Å²) < 4.78 is 0. The Balaban J connectivity index is 2.03. The number of nitrogens with zero attached hydrogens (tertiary/aromatic N) is 1. The highest BCUT2D eigenvalue weighted by Gasteiger charge is 2.10. The van der Waals surface area contributed by atoms with Gasteiger partial charge >= 0.3 is 0 Å². The monoisotopic (exact) mass is 283 g/mol. The molecular formula is C17H21N3O. The molecular weight excluding hydrogens is 262 g/mol. The van der Waals surface area contributed by atoms with E-state index in [1.807, 2.05) is 62.2 Å². The van der Waals surface area contributed by atoms with Crippen LogP contribution in [0, 0.1) is 13.8 Å². The lowest BCUT2D eigenvalue weighted by Crippen LogP contribution is -2.30. The second-order valence-corrected chi connectivity index (χ2v) is 5.27. The quantitative estimate of drug-likeness (QED) is 0.848. The van der Waals surface area contributed by atoms with E-state index in [0.717, 1.165) is 22.5 Å². The molecule has 4 heteroatoms. The van der Waals surface area contributed by atoms with Gasteiger partial charge in [-0.2, -0.15) is 0 Å². The molecule has 4 nitrogen and oxygen atoms in total. The van der Waals surface area contributed by atoms with Gasteiger partial charge in [0.1, 0.15) is 0 Å². The smallest absolute Gasteiger partial charge is 0.243 e. The van der Waals surface area contributed by atoms with Gasteiger partial charge < -0.3 is 16.0 Å². The van der Waals surface area contributed by atoms with Crippen molar-refractivity contribution in [3.05, 3.63) is 53.6 Å². The van der Waals surface area contributed by atoms with E-state index >= 15 is 0 Å². The molecule has 1 amide bonds. The second-order valence-electron chi connectivity index (χ2n) is 5.27. The normalized spacial score (nSPS) is 10.2. The van der Waals surface area contributed by atoms with Gasteiger partial charge in [0.2, 0.25) is 5.91 Å². The Kier molecular flexibility index (Phi) is 4.48. The highest BCUT2D eigenvalue weighted by Crippen LogP contribution is 2.19. The molecule has 0 atom stereocenters. The maximum atomic E-state index is 12.2. The van der Waals surface area contributed by atoms with Crippen molar-refractivity contribution in [2.45, 2.75) is 13.8 Å². The molecule has 0 radical (unpaired) electrons. The van der Waals surface area contributed by atoms with Crippen molar-refractivity contribution in [3.63, 3.8) is 0 Å². The largest absolute Gasteiger partial charge is 0.399 e. The van der Waals surface area contributed by atoms with E-state index in [4.69, 9.17) is 5.73 Å². The van der Waals surface area contributed by atoms with Crippen LogP contribution in [-0.2, 0) is 4.79 Å². The van der Waals surface area contributed by atoms with Crippen LogP contribution in [0.25, 0.3) is 0 Å².